The van der Waals surface area contributed by atoms with Crippen molar-refractivity contribution in [3.8, 4) is 0 Å². The van der Waals surface area contributed by atoms with Crippen LogP contribution in [0.3, 0.4) is 0 Å². The van der Waals surface area contributed by atoms with Crippen LogP contribution in [-0.2, 0) is 4.84 Å². The molecule has 5 nitrogen and oxygen atoms in total. The van der Waals surface area contributed by atoms with E-state index >= 15 is 0 Å². The van der Waals surface area contributed by atoms with Gasteiger partial charge in [0.15, 0.2) is 0 Å². The highest BCUT2D eigenvalue weighted by molar-refractivity contribution is 5.18. The summed E-state index contributed by atoms with van der Waals surface area (Å²) in [6.45, 7) is -0.197. The third kappa shape index (κ3) is 3.12. The van der Waals surface area contributed by atoms with Gasteiger partial charge in [-0.1, -0.05) is 30.3 Å². The molecule has 1 aromatic carbocycles. The summed E-state index contributed by atoms with van der Waals surface area (Å²) in [7, 11) is 1.44. The molecule has 5 heteroatoms. The molecule has 0 heterocycles. The van der Waals surface area contributed by atoms with Crippen LogP contribution < -0.4 is 5.48 Å². The van der Waals surface area contributed by atoms with Gasteiger partial charge in [-0.05, 0) is 5.56 Å². The molecule has 0 unspecified atom stereocenters. The van der Waals surface area contributed by atoms with E-state index in [1.165, 1.54) is 7.11 Å². The van der Waals surface area contributed by atoms with E-state index in [0.717, 1.165) is 5.56 Å². The summed E-state index contributed by atoms with van der Waals surface area (Å²) < 4.78 is 0. The van der Waals surface area contributed by atoms with Crippen LogP contribution in [-0.4, -0.2) is 18.6 Å². The van der Waals surface area contributed by atoms with E-state index in [1.807, 2.05) is 30.3 Å². The van der Waals surface area contributed by atoms with Gasteiger partial charge < -0.3 is 4.84 Å². The fraction of sp³-hybridized carbons (Fsp3) is 0.333. The Morgan fingerprint density at radius 3 is 2.64 bits per heavy atom. The van der Waals surface area contributed by atoms with Crippen LogP contribution in [0.15, 0.2) is 30.3 Å². The highest BCUT2D eigenvalue weighted by atomic mass is 16.6. The van der Waals surface area contributed by atoms with Crippen LogP contribution >= 0.6 is 0 Å². The van der Waals surface area contributed by atoms with E-state index in [1.54, 1.807) is 0 Å². The van der Waals surface area contributed by atoms with E-state index < -0.39 is 6.04 Å². The Hall–Kier alpha value is -1.46. The SMILES string of the molecule is CON[C@@H](C[N+](=O)[O-])c1ccccc1. The summed E-state index contributed by atoms with van der Waals surface area (Å²) in [4.78, 5) is 14.7. The second kappa shape index (κ2) is 5.31. The minimum absolute atomic E-state index is 0.197. The fourth-order valence-corrected chi connectivity index (χ4v) is 1.19. The summed E-state index contributed by atoms with van der Waals surface area (Å²) in [6, 6.07) is 8.76. The molecule has 1 atom stereocenters. The van der Waals surface area contributed by atoms with Crippen molar-refractivity contribution >= 4 is 0 Å². The zero-order chi connectivity index (χ0) is 10.4. The first-order chi connectivity index (χ1) is 6.74. The molecule has 0 bridgehead atoms. The zero-order valence-corrected chi connectivity index (χ0v) is 7.84. The standard InChI is InChI=1S/C9H12N2O3/c1-14-10-9(7-11(12)13)8-5-3-2-4-6-8/h2-6,9-10H,7H2,1H3/t9-/m0/s1. The van der Waals surface area contributed by atoms with Gasteiger partial charge >= 0.3 is 0 Å². The predicted octanol–water partition coefficient (Wildman–Crippen LogP) is 1.16. The molecule has 0 aromatic heterocycles. The Balaban J connectivity index is 2.72. The minimum Gasteiger partial charge on any atom is -0.304 e. The van der Waals surface area contributed by atoms with Gasteiger partial charge in [-0.15, -0.1) is 0 Å². The van der Waals surface area contributed by atoms with Gasteiger partial charge in [0.2, 0.25) is 6.54 Å². The molecule has 1 rings (SSSR count). The van der Waals surface area contributed by atoms with E-state index in [-0.39, 0.29) is 11.5 Å². The molecular formula is C9H12N2O3. The van der Waals surface area contributed by atoms with Crippen molar-refractivity contribution in [1.29, 1.82) is 0 Å². The maximum atomic E-state index is 10.4. The second-order valence-corrected chi connectivity index (χ2v) is 2.80. The number of nitro groups is 1. The van der Waals surface area contributed by atoms with Crippen molar-refractivity contribution in [2.24, 2.45) is 0 Å². The number of nitrogens with one attached hydrogen (secondary N) is 1. The Bertz CT molecular complexity index is 289. The van der Waals surface area contributed by atoms with Crippen molar-refractivity contribution in [3.05, 3.63) is 46.0 Å². The van der Waals surface area contributed by atoms with Crippen LogP contribution in [0.4, 0.5) is 0 Å². The summed E-state index contributed by atoms with van der Waals surface area (Å²) in [6.07, 6.45) is 0. The maximum Gasteiger partial charge on any atom is 0.225 e. The molecule has 0 aliphatic heterocycles. The molecule has 1 aromatic rings. The highest BCUT2D eigenvalue weighted by Gasteiger charge is 2.16. The minimum atomic E-state index is -0.406. The van der Waals surface area contributed by atoms with Gasteiger partial charge in [0.25, 0.3) is 0 Å². The number of benzene rings is 1. The molecule has 0 saturated heterocycles. The lowest BCUT2D eigenvalue weighted by Crippen LogP contribution is -2.26. The van der Waals surface area contributed by atoms with Gasteiger partial charge in [-0.2, -0.15) is 5.48 Å². The van der Waals surface area contributed by atoms with Gasteiger partial charge in [0.1, 0.15) is 6.04 Å². The van der Waals surface area contributed by atoms with Crippen molar-refractivity contribution in [2.45, 2.75) is 6.04 Å². The first-order valence-corrected chi connectivity index (χ1v) is 4.19. The number of nitrogens with zero attached hydrogens (tertiary/aromatic N) is 1. The van der Waals surface area contributed by atoms with Crippen molar-refractivity contribution in [3.63, 3.8) is 0 Å². The second-order valence-electron chi connectivity index (χ2n) is 2.80. The van der Waals surface area contributed by atoms with Crippen LogP contribution in [0.2, 0.25) is 0 Å². The summed E-state index contributed by atoms with van der Waals surface area (Å²) in [5.41, 5.74) is 3.43. The number of hydrogen-bond acceptors (Lipinski definition) is 4. The van der Waals surface area contributed by atoms with Gasteiger partial charge in [-0.25, -0.2) is 0 Å². The molecule has 0 radical (unpaired) electrons. The number of hydroxylamine groups is 1. The van der Waals surface area contributed by atoms with Crippen LogP contribution in [0.5, 0.6) is 0 Å². The largest absolute Gasteiger partial charge is 0.304 e. The normalized spacial score (nSPS) is 12.4. The smallest absolute Gasteiger partial charge is 0.225 e. The monoisotopic (exact) mass is 196 g/mol. The van der Waals surface area contributed by atoms with Crippen molar-refractivity contribution in [2.75, 3.05) is 13.7 Å². The van der Waals surface area contributed by atoms with E-state index in [4.69, 9.17) is 4.84 Å². The molecule has 0 aliphatic rings. The quantitative estimate of drug-likeness (QED) is 0.566. The van der Waals surface area contributed by atoms with E-state index in [0.29, 0.717) is 0 Å². The van der Waals surface area contributed by atoms with Gasteiger partial charge in [0, 0.05) is 4.92 Å². The molecule has 1 N–H and O–H groups in total. The summed E-state index contributed by atoms with van der Waals surface area (Å²) in [5.74, 6) is 0. The Labute approximate surface area is 81.8 Å². The topological polar surface area (TPSA) is 64.4 Å². The maximum absolute atomic E-state index is 10.4. The zero-order valence-electron chi connectivity index (χ0n) is 7.84. The average molecular weight is 196 g/mol. The van der Waals surface area contributed by atoms with Crippen molar-refractivity contribution in [1.82, 2.24) is 5.48 Å². The highest BCUT2D eigenvalue weighted by Crippen LogP contribution is 2.12. The average Bonchev–Trinajstić information content (AvgIpc) is 2.18. The lowest BCUT2D eigenvalue weighted by Gasteiger charge is -2.12. The van der Waals surface area contributed by atoms with Crippen molar-refractivity contribution < 1.29 is 9.76 Å². The summed E-state index contributed by atoms with van der Waals surface area (Å²) >= 11 is 0. The lowest BCUT2D eigenvalue weighted by atomic mass is 10.1. The number of hydrogen-bond donors (Lipinski definition) is 1. The van der Waals surface area contributed by atoms with Gasteiger partial charge in [0.05, 0.1) is 7.11 Å². The predicted molar refractivity (Wildman–Crippen MR) is 51.2 cm³/mol. The molecule has 0 saturated carbocycles. The summed E-state index contributed by atoms with van der Waals surface area (Å²) in [5, 5.41) is 10.4. The first-order valence-electron chi connectivity index (χ1n) is 4.19. The molecular weight excluding hydrogens is 184 g/mol. The van der Waals surface area contributed by atoms with Gasteiger partial charge in [-0.3, -0.25) is 10.1 Å². The van der Waals surface area contributed by atoms with Crippen LogP contribution in [0.25, 0.3) is 0 Å². The molecule has 0 aliphatic carbocycles. The third-order valence-electron chi connectivity index (χ3n) is 1.79. The Morgan fingerprint density at radius 1 is 1.50 bits per heavy atom. The Morgan fingerprint density at radius 2 is 2.14 bits per heavy atom. The molecule has 76 valence electrons. The van der Waals surface area contributed by atoms with Crippen LogP contribution in [0.1, 0.15) is 11.6 Å². The molecule has 0 fully saturated rings. The molecule has 0 spiro atoms. The van der Waals surface area contributed by atoms with E-state index in [2.05, 4.69) is 5.48 Å². The molecule has 14 heavy (non-hydrogen) atoms. The Kier molecular flexibility index (Phi) is 4.03. The lowest BCUT2D eigenvalue weighted by molar-refractivity contribution is -0.486. The first kappa shape index (κ1) is 10.6. The van der Waals surface area contributed by atoms with Crippen LogP contribution in [0, 0.1) is 10.1 Å². The fourth-order valence-electron chi connectivity index (χ4n) is 1.19. The molecule has 0 amide bonds. The number of rotatable bonds is 5. The third-order valence-corrected chi connectivity index (χ3v) is 1.79. The van der Waals surface area contributed by atoms with E-state index in [9.17, 15) is 10.1 Å².